The van der Waals surface area contributed by atoms with Crippen molar-refractivity contribution in [3.8, 4) is 0 Å². The van der Waals surface area contributed by atoms with Crippen LogP contribution >= 0.6 is 34.2 Å². The first-order chi connectivity index (χ1) is 10.1. The van der Waals surface area contributed by atoms with E-state index in [1.165, 1.54) is 16.3 Å². The molecule has 0 fully saturated rings. The minimum Gasteiger partial charge on any atom is -0.324 e. The highest BCUT2D eigenvalue weighted by atomic mass is 127. The van der Waals surface area contributed by atoms with Crippen LogP contribution in [0.1, 0.15) is 17.2 Å². The molecule has 0 saturated carbocycles. The van der Waals surface area contributed by atoms with Crippen molar-refractivity contribution in [3.63, 3.8) is 0 Å². The second kappa shape index (κ2) is 6.34. The molecule has 3 rings (SSSR count). The van der Waals surface area contributed by atoms with Crippen LogP contribution in [0.4, 0.5) is 0 Å². The standard InChI is InChI=1S/C18H15ClIN/c19-16-10-14(8-9-17(16)20)18(21)11-13-6-3-5-12-4-1-2-7-15(12)13/h1-10,18H,11,21H2. The van der Waals surface area contributed by atoms with Crippen LogP contribution in [0.2, 0.25) is 5.02 Å². The van der Waals surface area contributed by atoms with Gasteiger partial charge in [-0.25, -0.2) is 0 Å². The quantitative estimate of drug-likeness (QED) is 0.583. The number of halogens is 2. The maximum Gasteiger partial charge on any atom is 0.0542 e. The van der Waals surface area contributed by atoms with Gasteiger partial charge >= 0.3 is 0 Å². The minimum absolute atomic E-state index is 0.0506. The summed E-state index contributed by atoms with van der Waals surface area (Å²) in [5, 5.41) is 3.29. The molecule has 0 aliphatic rings. The van der Waals surface area contributed by atoms with Crippen molar-refractivity contribution in [1.82, 2.24) is 0 Å². The Morgan fingerprint density at radius 2 is 1.76 bits per heavy atom. The zero-order valence-corrected chi connectivity index (χ0v) is 14.3. The van der Waals surface area contributed by atoms with Crippen molar-refractivity contribution in [2.45, 2.75) is 12.5 Å². The first-order valence-electron chi connectivity index (χ1n) is 6.82. The zero-order valence-electron chi connectivity index (χ0n) is 11.4. The number of hydrogen-bond acceptors (Lipinski definition) is 1. The van der Waals surface area contributed by atoms with Crippen molar-refractivity contribution in [2.24, 2.45) is 5.73 Å². The Hall–Kier alpha value is -1.10. The predicted molar refractivity (Wildman–Crippen MR) is 98.7 cm³/mol. The third kappa shape index (κ3) is 3.23. The van der Waals surface area contributed by atoms with Crippen molar-refractivity contribution >= 4 is 45.0 Å². The lowest BCUT2D eigenvalue weighted by molar-refractivity contribution is 0.725. The van der Waals surface area contributed by atoms with Crippen LogP contribution in [0.3, 0.4) is 0 Å². The van der Waals surface area contributed by atoms with Gasteiger partial charge in [0.1, 0.15) is 0 Å². The summed E-state index contributed by atoms with van der Waals surface area (Å²) in [5.41, 5.74) is 8.73. The van der Waals surface area contributed by atoms with Crippen LogP contribution in [-0.2, 0) is 6.42 Å². The summed E-state index contributed by atoms with van der Waals surface area (Å²) in [6.07, 6.45) is 0.804. The third-order valence-corrected chi connectivity index (χ3v) is 5.26. The van der Waals surface area contributed by atoms with E-state index in [1.807, 2.05) is 12.1 Å². The minimum atomic E-state index is -0.0506. The Morgan fingerprint density at radius 3 is 2.57 bits per heavy atom. The lowest BCUT2D eigenvalue weighted by Gasteiger charge is -2.14. The molecule has 0 aliphatic heterocycles. The topological polar surface area (TPSA) is 26.0 Å². The van der Waals surface area contributed by atoms with Gasteiger partial charge in [-0.1, -0.05) is 60.1 Å². The fraction of sp³-hybridized carbons (Fsp3) is 0.111. The molecule has 0 aliphatic carbocycles. The molecule has 0 aromatic heterocycles. The lowest BCUT2D eigenvalue weighted by atomic mass is 9.95. The van der Waals surface area contributed by atoms with Crippen LogP contribution in [0.15, 0.2) is 60.7 Å². The first-order valence-corrected chi connectivity index (χ1v) is 8.28. The van der Waals surface area contributed by atoms with Gasteiger partial charge in [0.15, 0.2) is 0 Å². The summed E-state index contributed by atoms with van der Waals surface area (Å²) < 4.78 is 1.05. The SMILES string of the molecule is NC(Cc1cccc2ccccc12)c1ccc(I)c(Cl)c1. The third-order valence-electron chi connectivity index (χ3n) is 3.69. The van der Waals surface area contributed by atoms with E-state index in [2.05, 4.69) is 71.1 Å². The van der Waals surface area contributed by atoms with E-state index in [0.29, 0.717) is 0 Å². The van der Waals surface area contributed by atoms with Gasteiger partial charge in [-0.05, 0) is 63.0 Å². The molecular weight excluding hydrogens is 393 g/mol. The van der Waals surface area contributed by atoms with Gasteiger partial charge in [-0.15, -0.1) is 0 Å². The normalized spacial score (nSPS) is 12.5. The van der Waals surface area contributed by atoms with E-state index in [-0.39, 0.29) is 6.04 Å². The highest BCUT2D eigenvalue weighted by Crippen LogP contribution is 2.26. The van der Waals surface area contributed by atoms with Crippen LogP contribution in [-0.4, -0.2) is 0 Å². The molecule has 1 unspecified atom stereocenters. The largest absolute Gasteiger partial charge is 0.324 e. The Bertz CT molecular complexity index is 780. The molecule has 3 heteroatoms. The molecule has 0 radical (unpaired) electrons. The smallest absolute Gasteiger partial charge is 0.0542 e. The fourth-order valence-electron chi connectivity index (χ4n) is 2.57. The van der Waals surface area contributed by atoms with Gasteiger partial charge in [-0.3, -0.25) is 0 Å². The zero-order chi connectivity index (χ0) is 14.8. The number of hydrogen-bond donors (Lipinski definition) is 1. The molecule has 3 aromatic carbocycles. The number of fused-ring (bicyclic) bond motifs is 1. The maximum absolute atomic E-state index is 6.38. The Labute approximate surface area is 143 Å². The molecule has 106 valence electrons. The van der Waals surface area contributed by atoms with E-state index in [4.69, 9.17) is 17.3 Å². The summed E-state index contributed by atoms with van der Waals surface area (Å²) in [7, 11) is 0. The second-order valence-electron chi connectivity index (χ2n) is 5.12. The number of rotatable bonds is 3. The van der Waals surface area contributed by atoms with Gasteiger partial charge < -0.3 is 5.73 Å². The average molecular weight is 408 g/mol. The first kappa shape index (κ1) is 14.8. The van der Waals surface area contributed by atoms with Crippen molar-refractivity contribution in [3.05, 3.63) is 80.4 Å². The van der Waals surface area contributed by atoms with Gasteiger partial charge in [-0.2, -0.15) is 0 Å². The average Bonchev–Trinajstić information content (AvgIpc) is 2.50. The molecular formula is C18H15ClIN. The summed E-state index contributed by atoms with van der Waals surface area (Å²) >= 11 is 8.42. The molecule has 0 bridgehead atoms. The molecule has 0 spiro atoms. The fourth-order valence-corrected chi connectivity index (χ4v) is 3.09. The van der Waals surface area contributed by atoms with Crippen molar-refractivity contribution < 1.29 is 0 Å². The summed E-state index contributed by atoms with van der Waals surface area (Å²) in [5.74, 6) is 0. The molecule has 2 N–H and O–H groups in total. The molecule has 3 aromatic rings. The summed E-state index contributed by atoms with van der Waals surface area (Å²) in [4.78, 5) is 0. The van der Waals surface area contributed by atoms with Gasteiger partial charge in [0.2, 0.25) is 0 Å². The molecule has 1 atom stereocenters. The Kier molecular flexibility index (Phi) is 4.48. The van der Waals surface area contributed by atoms with Gasteiger partial charge in [0.05, 0.1) is 5.02 Å². The van der Waals surface area contributed by atoms with E-state index in [0.717, 1.165) is 20.6 Å². The maximum atomic E-state index is 6.38. The highest BCUT2D eigenvalue weighted by Gasteiger charge is 2.10. The Balaban J connectivity index is 1.92. The highest BCUT2D eigenvalue weighted by molar-refractivity contribution is 14.1. The van der Waals surface area contributed by atoms with Crippen LogP contribution in [0, 0.1) is 3.57 Å². The van der Waals surface area contributed by atoms with E-state index in [1.54, 1.807) is 0 Å². The van der Waals surface area contributed by atoms with E-state index >= 15 is 0 Å². The van der Waals surface area contributed by atoms with Crippen LogP contribution in [0.5, 0.6) is 0 Å². The summed E-state index contributed by atoms with van der Waals surface area (Å²) in [6, 6.07) is 20.8. The van der Waals surface area contributed by atoms with Gasteiger partial charge in [0.25, 0.3) is 0 Å². The predicted octanol–water partition coefficient (Wildman–Crippen LogP) is 5.34. The number of nitrogens with two attached hydrogens (primary N) is 1. The van der Waals surface area contributed by atoms with Crippen LogP contribution in [0.25, 0.3) is 10.8 Å². The molecule has 0 heterocycles. The molecule has 0 amide bonds. The molecule has 0 saturated heterocycles. The van der Waals surface area contributed by atoms with E-state index in [9.17, 15) is 0 Å². The molecule has 1 nitrogen and oxygen atoms in total. The second-order valence-corrected chi connectivity index (χ2v) is 6.69. The monoisotopic (exact) mass is 407 g/mol. The van der Waals surface area contributed by atoms with Crippen molar-refractivity contribution in [1.29, 1.82) is 0 Å². The lowest BCUT2D eigenvalue weighted by Crippen LogP contribution is -2.13. The Morgan fingerprint density at radius 1 is 1.00 bits per heavy atom. The van der Waals surface area contributed by atoms with E-state index < -0.39 is 0 Å². The number of benzene rings is 3. The van der Waals surface area contributed by atoms with Gasteiger partial charge in [0, 0.05) is 9.61 Å². The van der Waals surface area contributed by atoms with Crippen molar-refractivity contribution in [2.75, 3.05) is 0 Å². The summed E-state index contributed by atoms with van der Waals surface area (Å²) in [6.45, 7) is 0. The van der Waals surface area contributed by atoms with Crippen LogP contribution < -0.4 is 5.73 Å². The molecule has 21 heavy (non-hydrogen) atoms.